The average molecular weight is 185 g/mol. The number of benzene rings is 1. The van der Waals surface area contributed by atoms with Crippen molar-refractivity contribution in [3.8, 4) is 0 Å². The van der Waals surface area contributed by atoms with Gasteiger partial charge in [0.25, 0.3) is 0 Å². The lowest BCUT2D eigenvalue weighted by atomic mass is 9.80. The Balaban J connectivity index is 2.31. The first-order valence-corrected chi connectivity index (χ1v) is 4.60. The molecule has 12 heavy (non-hydrogen) atoms. The Morgan fingerprint density at radius 1 is 1.33 bits per heavy atom. The summed E-state index contributed by atoms with van der Waals surface area (Å²) < 4.78 is 12.6. The van der Waals surface area contributed by atoms with E-state index in [0.29, 0.717) is 10.9 Å². The van der Waals surface area contributed by atoms with Crippen molar-refractivity contribution in [2.45, 2.75) is 25.2 Å². The van der Waals surface area contributed by atoms with Gasteiger partial charge in [-0.15, -0.1) is 0 Å². The molecule has 0 N–H and O–H groups in total. The molecule has 1 aromatic carbocycles. The molecule has 0 radical (unpaired) electrons. The van der Waals surface area contributed by atoms with Crippen LogP contribution in [0, 0.1) is 5.82 Å². The highest BCUT2D eigenvalue weighted by Gasteiger charge is 2.21. The van der Waals surface area contributed by atoms with Crippen molar-refractivity contribution >= 4 is 11.6 Å². The van der Waals surface area contributed by atoms with Crippen LogP contribution in [0.4, 0.5) is 4.39 Å². The monoisotopic (exact) mass is 184 g/mol. The van der Waals surface area contributed by atoms with E-state index in [1.54, 1.807) is 0 Å². The Morgan fingerprint density at radius 2 is 2.08 bits per heavy atom. The number of halogens is 2. The number of hydrogen-bond acceptors (Lipinski definition) is 0. The van der Waals surface area contributed by atoms with Gasteiger partial charge >= 0.3 is 0 Å². The summed E-state index contributed by atoms with van der Waals surface area (Å²) in [5.74, 6) is 0.334. The zero-order valence-corrected chi connectivity index (χ0v) is 7.44. The van der Waals surface area contributed by atoms with Crippen molar-refractivity contribution in [1.82, 2.24) is 0 Å². The average Bonchev–Trinajstić information content (AvgIpc) is 1.91. The third kappa shape index (κ3) is 1.34. The van der Waals surface area contributed by atoms with Crippen LogP contribution in [-0.2, 0) is 0 Å². The van der Waals surface area contributed by atoms with Gasteiger partial charge in [-0.3, -0.25) is 0 Å². The van der Waals surface area contributed by atoms with Crippen molar-refractivity contribution in [3.63, 3.8) is 0 Å². The normalized spacial score (nSPS) is 17.5. The van der Waals surface area contributed by atoms with E-state index in [1.165, 1.54) is 31.4 Å². The largest absolute Gasteiger partial charge is 0.207 e. The minimum absolute atomic E-state index is 0.247. The molecule has 0 spiro atoms. The topological polar surface area (TPSA) is 0 Å². The third-order valence-electron chi connectivity index (χ3n) is 2.51. The van der Waals surface area contributed by atoms with Gasteiger partial charge in [0.05, 0.1) is 0 Å². The predicted molar refractivity (Wildman–Crippen MR) is 48.0 cm³/mol. The summed E-state index contributed by atoms with van der Waals surface area (Å²) in [7, 11) is 0. The van der Waals surface area contributed by atoms with E-state index in [4.69, 9.17) is 11.6 Å². The zero-order chi connectivity index (χ0) is 8.55. The molecular weight excluding hydrogens is 175 g/mol. The second-order valence-electron chi connectivity index (χ2n) is 3.29. The lowest BCUT2D eigenvalue weighted by molar-refractivity contribution is 0.419. The molecule has 0 nitrogen and oxygen atoms in total. The van der Waals surface area contributed by atoms with Crippen LogP contribution in [0.25, 0.3) is 0 Å². The van der Waals surface area contributed by atoms with Crippen LogP contribution in [-0.4, -0.2) is 0 Å². The maximum atomic E-state index is 12.6. The Morgan fingerprint density at radius 3 is 2.58 bits per heavy atom. The quantitative estimate of drug-likeness (QED) is 0.624. The van der Waals surface area contributed by atoms with E-state index in [-0.39, 0.29) is 5.82 Å². The molecule has 0 aliphatic heterocycles. The highest BCUT2D eigenvalue weighted by molar-refractivity contribution is 6.31. The number of hydrogen-bond donors (Lipinski definition) is 0. The Labute approximate surface area is 76.4 Å². The maximum Gasteiger partial charge on any atom is 0.124 e. The van der Waals surface area contributed by atoms with Gasteiger partial charge in [0.15, 0.2) is 0 Å². The van der Waals surface area contributed by atoms with Gasteiger partial charge in [-0.05, 0) is 36.5 Å². The van der Waals surface area contributed by atoms with Gasteiger partial charge in [-0.1, -0.05) is 24.1 Å². The predicted octanol–water partition coefficient (Wildman–Crippen LogP) is 3.75. The summed E-state index contributed by atoms with van der Waals surface area (Å²) in [6.45, 7) is 0. The van der Waals surface area contributed by atoms with Gasteiger partial charge in [0, 0.05) is 5.02 Å². The summed E-state index contributed by atoms with van der Waals surface area (Å²) in [6.07, 6.45) is 3.68. The summed E-state index contributed by atoms with van der Waals surface area (Å²) in [6, 6.07) is 4.69. The molecule has 1 aromatic rings. The van der Waals surface area contributed by atoms with Crippen LogP contribution in [0.2, 0.25) is 5.02 Å². The lowest BCUT2D eigenvalue weighted by Gasteiger charge is -2.26. The van der Waals surface area contributed by atoms with Crippen molar-refractivity contribution in [2.24, 2.45) is 0 Å². The van der Waals surface area contributed by atoms with E-state index in [2.05, 4.69) is 0 Å². The van der Waals surface area contributed by atoms with Crippen molar-refractivity contribution < 1.29 is 4.39 Å². The molecule has 1 aliphatic carbocycles. The molecule has 2 rings (SSSR count). The number of rotatable bonds is 1. The van der Waals surface area contributed by atoms with E-state index in [0.717, 1.165) is 5.56 Å². The SMILES string of the molecule is Fc1ccc(C2CCC2)c(Cl)c1. The van der Waals surface area contributed by atoms with Crippen LogP contribution in [0.1, 0.15) is 30.7 Å². The Kier molecular flexibility index (Phi) is 2.05. The smallest absolute Gasteiger partial charge is 0.124 e. The molecule has 0 atom stereocenters. The van der Waals surface area contributed by atoms with E-state index >= 15 is 0 Å². The van der Waals surface area contributed by atoms with Gasteiger partial charge in [0.1, 0.15) is 5.82 Å². The van der Waals surface area contributed by atoms with Crippen molar-refractivity contribution in [2.75, 3.05) is 0 Å². The molecular formula is C10H10ClF. The van der Waals surface area contributed by atoms with Crippen molar-refractivity contribution in [3.05, 3.63) is 34.6 Å². The van der Waals surface area contributed by atoms with Gasteiger partial charge in [-0.25, -0.2) is 4.39 Å². The first kappa shape index (κ1) is 8.06. The molecule has 1 aliphatic rings. The van der Waals surface area contributed by atoms with Crippen LogP contribution >= 0.6 is 11.6 Å². The van der Waals surface area contributed by atoms with Gasteiger partial charge in [0.2, 0.25) is 0 Å². The Hall–Kier alpha value is -0.560. The highest BCUT2D eigenvalue weighted by atomic mass is 35.5. The Bertz CT molecular complexity index is 292. The molecule has 2 heteroatoms. The van der Waals surface area contributed by atoms with Crippen LogP contribution in [0.3, 0.4) is 0 Å². The van der Waals surface area contributed by atoms with Crippen LogP contribution in [0.5, 0.6) is 0 Å². The second kappa shape index (κ2) is 3.06. The maximum absolute atomic E-state index is 12.6. The molecule has 1 saturated carbocycles. The second-order valence-corrected chi connectivity index (χ2v) is 3.70. The molecule has 0 saturated heterocycles. The van der Waals surface area contributed by atoms with Gasteiger partial charge < -0.3 is 0 Å². The van der Waals surface area contributed by atoms with Crippen molar-refractivity contribution in [1.29, 1.82) is 0 Å². The third-order valence-corrected chi connectivity index (χ3v) is 2.83. The fourth-order valence-electron chi connectivity index (χ4n) is 1.55. The molecule has 0 unspecified atom stereocenters. The summed E-state index contributed by atoms with van der Waals surface area (Å²) in [5, 5.41) is 0.583. The molecule has 1 fully saturated rings. The standard InChI is InChI=1S/C10H10ClF/c11-10-6-8(12)4-5-9(10)7-2-1-3-7/h4-7H,1-3H2. The zero-order valence-electron chi connectivity index (χ0n) is 6.69. The van der Waals surface area contributed by atoms with Crippen LogP contribution < -0.4 is 0 Å². The van der Waals surface area contributed by atoms with Gasteiger partial charge in [-0.2, -0.15) is 0 Å². The van der Waals surface area contributed by atoms with Crippen LogP contribution in [0.15, 0.2) is 18.2 Å². The fraction of sp³-hybridized carbons (Fsp3) is 0.400. The minimum atomic E-state index is -0.247. The van der Waals surface area contributed by atoms with E-state index in [9.17, 15) is 4.39 Å². The molecule has 0 heterocycles. The fourth-order valence-corrected chi connectivity index (χ4v) is 1.87. The lowest BCUT2D eigenvalue weighted by Crippen LogP contribution is -2.09. The summed E-state index contributed by atoms with van der Waals surface area (Å²) in [4.78, 5) is 0. The van der Waals surface area contributed by atoms with E-state index in [1.807, 2.05) is 6.07 Å². The molecule has 64 valence electrons. The molecule has 0 bridgehead atoms. The summed E-state index contributed by atoms with van der Waals surface area (Å²) >= 11 is 5.90. The first-order valence-electron chi connectivity index (χ1n) is 4.22. The first-order chi connectivity index (χ1) is 5.77. The molecule has 0 amide bonds. The highest BCUT2D eigenvalue weighted by Crippen LogP contribution is 2.39. The van der Waals surface area contributed by atoms with E-state index < -0.39 is 0 Å². The minimum Gasteiger partial charge on any atom is -0.207 e. The summed E-state index contributed by atoms with van der Waals surface area (Å²) in [5.41, 5.74) is 1.12. The molecule has 0 aromatic heterocycles.